The molecule has 26 heavy (non-hydrogen) atoms. The fourth-order valence-corrected chi connectivity index (χ4v) is 4.20. The highest BCUT2D eigenvalue weighted by Gasteiger charge is 2.35. The van der Waals surface area contributed by atoms with Crippen LogP contribution in [0.25, 0.3) is 15.8 Å². The van der Waals surface area contributed by atoms with Crippen molar-refractivity contribution in [3.05, 3.63) is 56.2 Å². The smallest absolute Gasteiger partial charge is 0.292 e. The van der Waals surface area contributed by atoms with E-state index in [2.05, 4.69) is 36.2 Å². The van der Waals surface area contributed by atoms with E-state index in [0.29, 0.717) is 20.3 Å². The summed E-state index contributed by atoms with van der Waals surface area (Å²) in [5.74, 6) is -0.924. The predicted molar refractivity (Wildman–Crippen MR) is 96.0 cm³/mol. The second kappa shape index (κ2) is 6.57. The molecule has 0 saturated heterocycles. The summed E-state index contributed by atoms with van der Waals surface area (Å²) < 4.78 is 58.1. The van der Waals surface area contributed by atoms with Gasteiger partial charge in [-0.05, 0) is 23.7 Å². The minimum absolute atomic E-state index is 0.260. The number of fused-ring (bicyclic) bond motifs is 1. The lowest BCUT2D eigenvalue weighted by Gasteiger charge is -2.14. The third-order valence-electron chi connectivity index (χ3n) is 3.63. The first-order valence-corrected chi connectivity index (χ1v) is 9.40. The van der Waals surface area contributed by atoms with Gasteiger partial charge in [-0.2, -0.15) is 17.5 Å². The molecular weight excluding hydrogens is 510 g/mol. The number of hydrogen-bond acceptors (Lipinski definition) is 4. The topological polar surface area (TPSA) is 56.9 Å². The van der Waals surface area contributed by atoms with Gasteiger partial charge in [-0.1, -0.05) is 31.9 Å². The molecule has 3 aromatic rings. The molecule has 0 radical (unpaired) electrons. The van der Waals surface area contributed by atoms with E-state index in [-0.39, 0.29) is 14.4 Å². The van der Waals surface area contributed by atoms with Gasteiger partial charge in [0.15, 0.2) is 0 Å². The van der Waals surface area contributed by atoms with Gasteiger partial charge in [0, 0.05) is 18.5 Å². The first-order chi connectivity index (χ1) is 12.0. The lowest BCUT2D eigenvalue weighted by atomic mass is 10.2. The van der Waals surface area contributed by atoms with Crippen molar-refractivity contribution < 1.29 is 17.6 Å². The van der Waals surface area contributed by atoms with Gasteiger partial charge < -0.3 is 0 Å². The van der Waals surface area contributed by atoms with E-state index in [1.807, 2.05) is 0 Å². The van der Waals surface area contributed by atoms with Crippen LogP contribution in [0, 0.1) is 5.82 Å². The molecule has 0 N–H and O–H groups in total. The van der Waals surface area contributed by atoms with Crippen LogP contribution in [-0.2, 0) is 13.2 Å². The Morgan fingerprint density at radius 3 is 2.42 bits per heavy atom. The van der Waals surface area contributed by atoms with Gasteiger partial charge in [0.05, 0.1) is 16.1 Å². The summed E-state index contributed by atoms with van der Waals surface area (Å²) in [7, 11) is 0.863. The fourth-order valence-electron chi connectivity index (χ4n) is 2.41. The average molecular weight is 517 g/mol. The van der Waals surface area contributed by atoms with Crippen molar-refractivity contribution >= 4 is 53.5 Å². The normalized spacial score (nSPS) is 12.3. The number of nitrogens with zero attached hydrogens (tertiary/aromatic N) is 3. The van der Waals surface area contributed by atoms with Crippen LogP contribution in [0.15, 0.2) is 27.8 Å². The summed E-state index contributed by atoms with van der Waals surface area (Å²) in [6.45, 7) is 0. The molecule has 0 aliphatic carbocycles. The van der Waals surface area contributed by atoms with E-state index in [1.165, 1.54) is 6.07 Å². The Morgan fingerprint density at radius 2 is 1.85 bits per heavy atom. The molecule has 0 bridgehead atoms. The highest BCUT2D eigenvalue weighted by Crippen LogP contribution is 2.37. The molecule has 0 saturated carbocycles. The van der Waals surface area contributed by atoms with Crippen molar-refractivity contribution in [3.63, 3.8) is 0 Å². The molecule has 0 aliphatic heterocycles. The number of alkyl halides is 5. The maximum absolute atomic E-state index is 14.5. The third-order valence-corrected chi connectivity index (χ3v) is 5.32. The summed E-state index contributed by atoms with van der Waals surface area (Å²) in [6, 6.07) is 2.56. The zero-order valence-corrected chi connectivity index (χ0v) is 16.6. The van der Waals surface area contributed by atoms with Gasteiger partial charge in [-0.15, -0.1) is 0 Å². The quantitative estimate of drug-likeness (QED) is 0.381. The Labute approximate surface area is 163 Å². The summed E-state index contributed by atoms with van der Waals surface area (Å²) >= 11 is 7.53. The Morgan fingerprint density at radius 1 is 1.19 bits per heavy atom. The van der Waals surface area contributed by atoms with Crippen LogP contribution in [0.2, 0.25) is 0 Å². The lowest BCUT2D eigenvalue weighted by Crippen LogP contribution is -2.41. The molecule has 0 amide bonds. The summed E-state index contributed by atoms with van der Waals surface area (Å²) in [4.78, 5) is 24.5. The first-order valence-electron chi connectivity index (χ1n) is 6.80. The van der Waals surface area contributed by atoms with E-state index in [4.69, 9.17) is 0 Å². The van der Waals surface area contributed by atoms with Crippen molar-refractivity contribution in [2.45, 2.75) is 9.91 Å². The van der Waals surface area contributed by atoms with E-state index < -0.39 is 34.6 Å². The number of benzene rings is 1. The highest BCUT2D eigenvalue weighted by atomic mass is 79.9. The Bertz CT molecular complexity index is 1130. The Balaban J connectivity index is 2.36. The number of hydrogen-bond donors (Lipinski definition) is 0. The number of halogens is 6. The average Bonchev–Trinajstić information content (AvgIpc) is 2.93. The third kappa shape index (κ3) is 3.14. The second-order valence-electron chi connectivity index (χ2n) is 5.21. The zero-order chi connectivity index (χ0) is 19.4. The van der Waals surface area contributed by atoms with Crippen LogP contribution in [0.4, 0.5) is 17.6 Å². The highest BCUT2D eigenvalue weighted by molar-refractivity contribution is 9.24. The van der Waals surface area contributed by atoms with E-state index in [1.54, 1.807) is 0 Å². The first kappa shape index (κ1) is 19.2. The molecule has 2 heterocycles. The van der Waals surface area contributed by atoms with Crippen molar-refractivity contribution in [2.24, 2.45) is 7.05 Å². The number of aromatic nitrogens is 3. The molecule has 0 unspecified atom stereocenters. The Hall–Kier alpha value is -1.53. The summed E-state index contributed by atoms with van der Waals surface area (Å²) in [5.41, 5.74) is -3.95. The molecule has 0 atom stereocenters. The zero-order valence-electron chi connectivity index (χ0n) is 12.6. The van der Waals surface area contributed by atoms with Crippen molar-refractivity contribution in [1.29, 1.82) is 0 Å². The van der Waals surface area contributed by atoms with Crippen molar-refractivity contribution in [2.75, 3.05) is 0 Å². The van der Waals surface area contributed by atoms with Crippen LogP contribution >= 0.6 is 43.4 Å². The van der Waals surface area contributed by atoms with Crippen LogP contribution in [-0.4, -0.2) is 13.5 Å². The molecule has 5 nitrogen and oxygen atoms in total. The van der Waals surface area contributed by atoms with E-state index in [9.17, 15) is 27.2 Å². The summed E-state index contributed by atoms with van der Waals surface area (Å²) in [5, 5.41) is 0.457. The molecule has 0 spiro atoms. The van der Waals surface area contributed by atoms with Gasteiger partial charge in [0.1, 0.15) is 15.2 Å². The second-order valence-corrected chi connectivity index (χ2v) is 9.08. The van der Waals surface area contributed by atoms with Gasteiger partial charge >= 0.3 is 11.9 Å². The van der Waals surface area contributed by atoms with Crippen LogP contribution in [0.5, 0.6) is 0 Å². The van der Waals surface area contributed by atoms with Crippen LogP contribution in [0.3, 0.4) is 0 Å². The molecule has 138 valence electrons. The van der Waals surface area contributed by atoms with Crippen molar-refractivity contribution in [3.8, 4) is 5.69 Å². The van der Waals surface area contributed by atoms with Crippen LogP contribution in [0.1, 0.15) is 15.1 Å². The monoisotopic (exact) mass is 515 g/mol. The molecule has 0 aliphatic rings. The van der Waals surface area contributed by atoms with Gasteiger partial charge in [-0.25, -0.2) is 13.8 Å². The predicted octanol–water partition coefficient (Wildman–Crippen LogP) is 4.09. The maximum Gasteiger partial charge on any atom is 0.431 e. The van der Waals surface area contributed by atoms with E-state index in [0.717, 1.165) is 24.6 Å². The standard InChI is InChI=1S/C14H7Br2F4N3O2S/c1-22-9(14(18,19)20)4-10(24)23(13(22)25)7-2-5-8(3-6(7)17)26-21-11(5)12(15)16/h2-4,12H,1H3. The van der Waals surface area contributed by atoms with Crippen molar-refractivity contribution in [1.82, 2.24) is 13.5 Å². The van der Waals surface area contributed by atoms with Gasteiger partial charge in [0.2, 0.25) is 0 Å². The minimum Gasteiger partial charge on any atom is -0.292 e. The lowest BCUT2D eigenvalue weighted by molar-refractivity contribution is -0.144. The number of rotatable bonds is 2. The van der Waals surface area contributed by atoms with Gasteiger partial charge in [0.25, 0.3) is 5.56 Å². The maximum atomic E-state index is 14.5. The SMILES string of the molecule is Cn1c(C(F)(F)F)cc(=O)n(-c2cc3c(C(Br)Br)nsc3cc2F)c1=O. The molecule has 0 fully saturated rings. The molecule has 2 aromatic heterocycles. The minimum atomic E-state index is -4.89. The van der Waals surface area contributed by atoms with E-state index >= 15 is 0 Å². The molecule has 1 aromatic carbocycles. The molecular formula is C14H7Br2F4N3O2S. The summed E-state index contributed by atoms with van der Waals surface area (Å²) in [6.07, 6.45) is -4.89. The molecule has 12 heteroatoms. The van der Waals surface area contributed by atoms with Crippen LogP contribution < -0.4 is 11.2 Å². The fraction of sp³-hybridized carbons (Fsp3) is 0.214. The molecule has 3 rings (SSSR count). The Kier molecular flexibility index (Phi) is 4.86. The van der Waals surface area contributed by atoms with Gasteiger partial charge in [-0.3, -0.25) is 9.36 Å². The largest absolute Gasteiger partial charge is 0.431 e.